The van der Waals surface area contributed by atoms with Crippen molar-refractivity contribution in [3.05, 3.63) is 53.1 Å². The fraction of sp³-hybridized carbons (Fsp3) is 0.474. The van der Waals surface area contributed by atoms with Gasteiger partial charge in [-0.1, -0.05) is 29.4 Å². The Morgan fingerprint density at radius 2 is 1.80 bits per heavy atom. The van der Waals surface area contributed by atoms with Gasteiger partial charge in [0, 0.05) is 0 Å². The van der Waals surface area contributed by atoms with E-state index in [1.165, 1.54) is 29.6 Å². The number of benzene rings is 1. The van der Waals surface area contributed by atoms with Gasteiger partial charge in [0.05, 0.1) is 0 Å². The molecule has 1 aromatic carbocycles. The van der Waals surface area contributed by atoms with Crippen LogP contribution >= 0.6 is 0 Å². The van der Waals surface area contributed by atoms with Crippen LogP contribution in [0.25, 0.3) is 0 Å². The van der Waals surface area contributed by atoms with Gasteiger partial charge in [0.1, 0.15) is 12.4 Å². The monoisotopic (exact) mass is 270 g/mol. The van der Waals surface area contributed by atoms with Crippen molar-refractivity contribution in [2.75, 3.05) is 6.61 Å². The molecule has 0 spiro atoms. The quantitative estimate of drug-likeness (QED) is 0.583. The van der Waals surface area contributed by atoms with Gasteiger partial charge >= 0.3 is 0 Å². The third kappa shape index (κ3) is 5.24. The van der Waals surface area contributed by atoms with Crippen molar-refractivity contribution < 1.29 is 4.74 Å². The van der Waals surface area contributed by atoms with Gasteiger partial charge in [0.25, 0.3) is 0 Å². The standard InChI is InChI=1S/C19H26O/c1-15(2)5-4-6-16(3)13-14-20-19-11-9-18(10-12-19)17-7-8-17/h5,9-13,17H,4,6-8,14H2,1-3H3/b16-13+. The van der Waals surface area contributed by atoms with Gasteiger partial charge in [-0.25, -0.2) is 0 Å². The number of hydrogen-bond donors (Lipinski definition) is 0. The topological polar surface area (TPSA) is 9.23 Å². The molecular weight excluding hydrogens is 244 g/mol. The highest BCUT2D eigenvalue weighted by molar-refractivity contribution is 5.31. The first-order valence-corrected chi connectivity index (χ1v) is 7.67. The summed E-state index contributed by atoms with van der Waals surface area (Å²) < 4.78 is 5.77. The second-order valence-electron chi connectivity index (χ2n) is 6.02. The average Bonchev–Trinajstić information content (AvgIpc) is 3.23. The van der Waals surface area contributed by atoms with Crippen molar-refractivity contribution >= 4 is 0 Å². The van der Waals surface area contributed by atoms with Gasteiger partial charge in [-0.05, 0) is 76.1 Å². The maximum Gasteiger partial charge on any atom is 0.119 e. The van der Waals surface area contributed by atoms with Crippen LogP contribution in [0.15, 0.2) is 47.6 Å². The molecule has 1 heteroatoms. The van der Waals surface area contributed by atoms with Crippen molar-refractivity contribution in [3.8, 4) is 5.75 Å². The molecule has 0 bridgehead atoms. The molecule has 0 radical (unpaired) electrons. The summed E-state index contributed by atoms with van der Waals surface area (Å²) in [5.74, 6) is 1.80. The Kier molecular flexibility index (Phi) is 5.46. The van der Waals surface area contributed by atoms with E-state index in [2.05, 4.69) is 57.2 Å². The molecule has 0 heterocycles. The molecule has 0 saturated heterocycles. The maximum atomic E-state index is 5.77. The first-order valence-electron chi connectivity index (χ1n) is 7.67. The van der Waals surface area contributed by atoms with Crippen molar-refractivity contribution in [3.63, 3.8) is 0 Å². The van der Waals surface area contributed by atoms with Gasteiger partial charge < -0.3 is 4.74 Å². The summed E-state index contributed by atoms with van der Waals surface area (Å²) in [6, 6.07) is 8.61. The minimum absolute atomic E-state index is 0.670. The first-order chi connectivity index (χ1) is 9.65. The zero-order valence-corrected chi connectivity index (χ0v) is 13.0. The van der Waals surface area contributed by atoms with E-state index in [1.54, 1.807) is 0 Å². The highest BCUT2D eigenvalue weighted by Gasteiger charge is 2.22. The zero-order chi connectivity index (χ0) is 14.4. The second kappa shape index (κ2) is 7.33. The highest BCUT2D eigenvalue weighted by atomic mass is 16.5. The van der Waals surface area contributed by atoms with E-state index in [-0.39, 0.29) is 0 Å². The van der Waals surface area contributed by atoms with Crippen molar-refractivity contribution in [2.45, 2.75) is 52.4 Å². The molecule has 1 saturated carbocycles. The van der Waals surface area contributed by atoms with Crippen molar-refractivity contribution in [2.24, 2.45) is 0 Å². The van der Waals surface area contributed by atoms with E-state index in [9.17, 15) is 0 Å². The Hall–Kier alpha value is -1.50. The van der Waals surface area contributed by atoms with Crippen molar-refractivity contribution in [1.29, 1.82) is 0 Å². The fourth-order valence-corrected chi connectivity index (χ4v) is 2.22. The summed E-state index contributed by atoms with van der Waals surface area (Å²) in [7, 11) is 0. The van der Waals surface area contributed by atoms with Crippen LogP contribution in [-0.4, -0.2) is 6.61 Å². The zero-order valence-electron chi connectivity index (χ0n) is 13.0. The number of allylic oxidation sites excluding steroid dienone is 3. The molecule has 1 aliphatic carbocycles. The second-order valence-corrected chi connectivity index (χ2v) is 6.02. The van der Waals surface area contributed by atoms with Crippen LogP contribution in [0.3, 0.4) is 0 Å². The predicted octanol–water partition coefficient (Wildman–Crippen LogP) is 5.64. The maximum absolute atomic E-state index is 5.77. The first kappa shape index (κ1) is 14.9. The predicted molar refractivity (Wildman–Crippen MR) is 86.3 cm³/mol. The van der Waals surface area contributed by atoms with Gasteiger partial charge in [-0.2, -0.15) is 0 Å². The van der Waals surface area contributed by atoms with Gasteiger partial charge in [0.15, 0.2) is 0 Å². The summed E-state index contributed by atoms with van der Waals surface area (Å²) in [4.78, 5) is 0. The van der Waals surface area contributed by atoms with Crippen molar-refractivity contribution in [1.82, 2.24) is 0 Å². The van der Waals surface area contributed by atoms with Crippen LogP contribution in [0.5, 0.6) is 5.75 Å². The molecule has 1 aromatic rings. The van der Waals surface area contributed by atoms with E-state index in [0.717, 1.165) is 24.5 Å². The Balaban J connectivity index is 1.72. The summed E-state index contributed by atoms with van der Waals surface area (Å²) in [6.07, 6.45) is 9.43. The average molecular weight is 270 g/mol. The molecule has 0 aromatic heterocycles. The molecule has 0 aliphatic heterocycles. The number of rotatable bonds is 7. The molecule has 20 heavy (non-hydrogen) atoms. The summed E-state index contributed by atoms with van der Waals surface area (Å²) in [5.41, 5.74) is 4.26. The molecule has 0 unspecified atom stereocenters. The molecule has 108 valence electrons. The largest absolute Gasteiger partial charge is 0.490 e. The summed E-state index contributed by atoms with van der Waals surface area (Å²) in [5, 5.41) is 0. The summed E-state index contributed by atoms with van der Waals surface area (Å²) in [6.45, 7) is 7.14. The lowest BCUT2D eigenvalue weighted by Crippen LogP contribution is -1.95. The van der Waals surface area contributed by atoms with Gasteiger partial charge in [0.2, 0.25) is 0 Å². The lowest BCUT2D eigenvalue weighted by atomic mass is 10.1. The molecule has 2 rings (SSSR count). The van der Waals surface area contributed by atoms with E-state index in [0.29, 0.717) is 6.61 Å². The van der Waals surface area contributed by atoms with Crippen LogP contribution in [-0.2, 0) is 0 Å². The van der Waals surface area contributed by atoms with Gasteiger partial charge in [-0.3, -0.25) is 0 Å². The normalized spacial score (nSPS) is 15.1. The molecule has 0 amide bonds. The Bertz CT molecular complexity index is 471. The molecule has 1 nitrogen and oxygen atoms in total. The van der Waals surface area contributed by atoms with Gasteiger partial charge in [-0.15, -0.1) is 0 Å². The fourth-order valence-electron chi connectivity index (χ4n) is 2.22. The molecular formula is C19H26O. The number of ether oxygens (including phenoxy) is 1. The number of hydrogen-bond acceptors (Lipinski definition) is 1. The molecule has 0 N–H and O–H groups in total. The smallest absolute Gasteiger partial charge is 0.119 e. The third-order valence-corrected chi connectivity index (χ3v) is 3.70. The van der Waals surface area contributed by atoms with Crippen LogP contribution in [0.1, 0.15) is 57.9 Å². The van der Waals surface area contributed by atoms with Crippen LogP contribution in [0.4, 0.5) is 0 Å². The minimum Gasteiger partial charge on any atom is -0.490 e. The van der Waals surface area contributed by atoms with E-state index in [1.807, 2.05) is 0 Å². The van der Waals surface area contributed by atoms with Crippen LogP contribution < -0.4 is 4.74 Å². The summed E-state index contributed by atoms with van der Waals surface area (Å²) >= 11 is 0. The third-order valence-electron chi connectivity index (χ3n) is 3.70. The Morgan fingerprint density at radius 1 is 1.10 bits per heavy atom. The van der Waals surface area contributed by atoms with Crippen LogP contribution in [0.2, 0.25) is 0 Å². The highest BCUT2D eigenvalue weighted by Crippen LogP contribution is 2.40. The minimum atomic E-state index is 0.670. The lowest BCUT2D eigenvalue weighted by molar-refractivity contribution is 0.361. The molecule has 0 atom stereocenters. The Morgan fingerprint density at radius 3 is 2.40 bits per heavy atom. The van der Waals surface area contributed by atoms with E-state index in [4.69, 9.17) is 4.74 Å². The van der Waals surface area contributed by atoms with E-state index >= 15 is 0 Å². The van der Waals surface area contributed by atoms with Crippen LogP contribution in [0, 0.1) is 0 Å². The molecule has 1 aliphatic rings. The van der Waals surface area contributed by atoms with E-state index < -0.39 is 0 Å². The lowest BCUT2D eigenvalue weighted by Gasteiger charge is -2.05. The molecule has 1 fully saturated rings. The Labute approximate surface area is 123 Å². The SMILES string of the molecule is CC(C)=CCC/C(C)=C/COc1ccc(C2CC2)cc1.